The molecule has 0 radical (unpaired) electrons. The van der Waals surface area contributed by atoms with Gasteiger partial charge in [0.2, 0.25) is 5.88 Å². The molecule has 2 heterocycles. The van der Waals surface area contributed by atoms with Gasteiger partial charge in [-0.1, -0.05) is 31.4 Å². The topological polar surface area (TPSA) is 42.4 Å². The van der Waals surface area contributed by atoms with Crippen molar-refractivity contribution in [1.29, 1.82) is 0 Å². The fourth-order valence-electron chi connectivity index (χ4n) is 3.02. The van der Waals surface area contributed by atoms with E-state index in [1.54, 1.807) is 12.1 Å². The molecule has 1 aliphatic heterocycles. The van der Waals surface area contributed by atoms with Crippen LogP contribution in [0.1, 0.15) is 56.4 Å². The van der Waals surface area contributed by atoms with Gasteiger partial charge in [-0.2, -0.15) is 0 Å². The van der Waals surface area contributed by atoms with Crippen LogP contribution < -0.4 is 4.74 Å². The second kappa shape index (κ2) is 8.37. The summed E-state index contributed by atoms with van der Waals surface area (Å²) < 4.78 is 5.37. The minimum absolute atomic E-state index is 0.0799. The summed E-state index contributed by atoms with van der Waals surface area (Å²) in [6.45, 7) is 6.21. The van der Waals surface area contributed by atoms with E-state index in [0.29, 0.717) is 23.2 Å². The van der Waals surface area contributed by atoms with E-state index >= 15 is 0 Å². The summed E-state index contributed by atoms with van der Waals surface area (Å²) in [6.07, 6.45) is 5.79. The zero-order valence-corrected chi connectivity index (χ0v) is 14.2. The fourth-order valence-corrected chi connectivity index (χ4v) is 3.20. The molecule has 22 heavy (non-hydrogen) atoms. The van der Waals surface area contributed by atoms with Crippen LogP contribution in [0, 0.1) is 5.92 Å². The zero-order valence-electron chi connectivity index (χ0n) is 13.5. The third-order valence-electron chi connectivity index (χ3n) is 4.15. The number of halogens is 1. The Morgan fingerprint density at radius 2 is 2.18 bits per heavy atom. The van der Waals surface area contributed by atoms with Crippen LogP contribution in [-0.2, 0) is 0 Å². The molecule has 0 unspecified atom stereocenters. The standard InChI is InChI=1S/C17H25ClN2O2/c1-3-6-13-7-5-11-20(12-10-13)17(21)16-14(18)8-9-15(19-16)22-4-2/h8-9,13H,3-7,10-12H2,1-2H3/t13-/m0/s1. The minimum atomic E-state index is -0.0799. The van der Waals surface area contributed by atoms with Gasteiger partial charge in [0.25, 0.3) is 5.91 Å². The van der Waals surface area contributed by atoms with Gasteiger partial charge >= 0.3 is 0 Å². The summed E-state index contributed by atoms with van der Waals surface area (Å²) in [7, 11) is 0. The Hall–Kier alpha value is -1.29. The van der Waals surface area contributed by atoms with Crippen LogP contribution in [0.5, 0.6) is 5.88 Å². The molecule has 1 atom stereocenters. The predicted molar refractivity (Wildman–Crippen MR) is 88.6 cm³/mol. The second-order valence-corrected chi connectivity index (χ2v) is 6.20. The number of likely N-dealkylation sites (tertiary alicyclic amines) is 1. The number of hydrogen-bond donors (Lipinski definition) is 0. The Labute approximate surface area is 137 Å². The summed E-state index contributed by atoms with van der Waals surface area (Å²) in [5, 5.41) is 0.391. The maximum Gasteiger partial charge on any atom is 0.274 e. The van der Waals surface area contributed by atoms with Gasteiger partial charge in [0.1, 0.15) is 0 Å². The Bertz CT molecular complexity index is 507. The van der Waals surface area contributed by atoms with Crippen LogP contribution in [0.3, 0.4) is 0 Å². The Morgan fingerprint density at radius 3 is 2.91 bits per heavy atom. The van der Waals surface area contributed by atoms with Gasteiger partial charge in [0.05, 0.1) is 11.6 Å². The third kappa shape index (κ3) is 4.35. The van der Waals surface area contributed by atoms with Gasteiger partial charge in [0.15, 0.2) is 5.69 Å². The number of ether oxygens (including phenoxy) is 1. The van der Waals surface area contributed by atoms with Crippen molar-refractivity contribution in [3.05, 3.63) is 22.8 Å². The van der Waals surface area contributed by atoms with Gasteiger partial charge in [-0.05, 0) is 38.2 Å². The maximum absolute atomic E-state index is 12.7. The monoisotopic (exact) mass is 324 g/mol. The molecule has 1 aromatic rings. The van der Waals surface area contributed by atoms with Crippen molar-refractivity contribution in [3.63, 3.8) is 0 Å². The van der Waals surface area contributed by atoms with E-state index < -0.39 is 0 Å². The van der Waals surface area contributed by atoms with E-state index in [1.165, 1.54) is 19.3 Å². The van der Waals surface area contributed by atoms with Gasteiger partial charge in [-0.15, -0.1) is 0 Å². The number of pyridine rings is 1. The highest BCUT2D eigenvalue weighted by molar-refractivity contribution is 6.33. The lowest BCUT2D eigenvalue weighted by atomic mass is 9.96. The fraction of sp³-hybridized carbons (Fsp3) is 0.647. The summed E-state index contributed by atoms with van der Waals surface area (Å²) in [5.41, 5.74) is 0.307. The lowest BCUT2D eigenvalue weighted by molar-refractivity contribution is 0.0753. The number of hydrogen-bond acceptors (Lipinski definition) is 3. The van der Waals surface area contributed by atoms with Crippen molar-refractivity contribution in [2.75, 3.05) is 19.7 Å². The molecule has 0 saturated carbocycles. The van der Waals surface area contributed by atoms with Crippen molar-refractivity contribution in [1.82, 2.24) is 9.88 Å². The van der Waals surface area contributed by atoms with E-state index in [4.69, 9.17) is 16.3 Å². The van der Waals surface area contributed by atoms with Gasteiger partial charge < -0.3 is 9.64 Å². The van der Waals surface area contributed by atoms with Crippen molar-refractivity contribution in [2.45, 2.75) is 46.0 Å². The van der Waals surface area contributed by atoms with Crippen LogP contribution in [0.25, 0.3) is 0 Å². The molecule has 0 spiro atoms. The van der Waals surface area contributed by atoms with Crippen molar-refractivity contribution < 1.29 is 9.53 Å². The SMILES string of the molecule is CCC[C@H]1CCCN(C(=O)c2nc(OCC)ccc2Cl)CC1. The molecule has 122 valence electrons. The summed E-state index contributed by atoms with van der Waals surface area (Å²) >= 11 is 6.16. The van der Waals surface area contributed by atoms with Crippen LogP contribution in [0.15, 0.2) is 12.1 Å². The highest BCUT2D eigenvalue weighted by atomic mass is 35.5. The van der Waals surface area contributed by atoms with E-state index in [1.807, 2.05) is 11.8 Å². The lowest BCUT2D eigenvalue weighted by Crippen LogP contribution is -2.33. The maximum atomic E-state index is 12.7. The first kappa shape index (κ1) is 17.1. The van der Waals surface area contributed by atoms with Crippen molar-refractivity contribution in [3.8, 4) is 5.88 Å². The minimum Gasteiger partial charge on any atom is -0.478 e. The molecule has 0 bridgehead atoms. The molecule has 0 aromatic carbocycles. The smallest absolute Gasteiger partial charge is 0.274 e. The number of aromatic nitrogens is 1. The van der Waals surface area contributed by atoms with Gasteiger partial charge in [-0.25, -0.2) is 4.98 Å². The molecule has 1 aliphatic rings. The quantitative estimate of drug-likeness (QED) is 0.816. The largest absolute Gasteiger partial charge is 0.478 e. The normalized spacial score (nSPS) is 18.9. The number of carbonyl (C=O) groups excluding carboxylic acids is 1. The first-order chi connectivity index (χ1) is 10.7. The number of nitrogens with zero attached hydrogens (tertiary/aromatic N) is 2. The molecule has 1 saturated heterocycles. The van der Waals surface area contributed by atoms with Crippen molar-refractivity contribution in [2.24, 2.45) is 5.92 Å². The number of rotatable bonds is 5. The third-order valence-corrected chi connectivity index (χ3v) is 4.45. The molecule has 1 amide bonds. The first-order valence-corrected chi connectivity index (χ1v) is 8.62. The van der Waals surface area contributed by atoms with E-state index in [9.17, 15) is 4.79 Å². The molecule has 5 heteroatoms. The summed E-state index contributed by atoms with van der Waals surface area (Å²) in [5.74, 6) is 1.11. The molecule has 2 rings (SSSR count). The number of carbonyl (C=O) groups is 1. The van der Waals surface area contributed by atoms with Gasteiger partial charge in [-0.3, -0.25) is 4.79 Å². The van der Waals surface area contributed by atoms with Crippen molar-refractivity contribution >= 4 is 17.5 Å². The van der Waals surface area contributed by atoms with E-state index in [2.05, 4.69) is 11.9 Å². The highest BCUT2D eigenvalue weighted by Gasteiger charge is 2.24. The van der Waals surface area contributed by atoms with Crippen LogP contribution in [-0.4, -0.2) is 35.5 Å². The second-order valence-electron chi connectivity index (χ2n) is 5.79. The number of amides is 1. The molecule has 1 fully saturated rings. The van der Waals surface area contributed by atoms with E-state index in [-0.39, 0.29) is 5.91 Å². The average molecular weight is 325 g/mol. The predicted octanol–water partition coefficient (Wildman–Crippen LogP) is 4.18. The Kier molecular flexibility index (Phi) is 6.49. The van der Waals surface area contributed by atoms with Crippen LogP contribution in [0.2, 0.25) is 5.02 Å². The first-order valence-electron chi connectivity index (χ1n) is 8.24. The molecule has 0 N–H and O–H groups in total. The van der Waals surface area contributed by atoms with E-state index in [0.717, 1.165) is 31.8 Å². The van der Waals surface area contributed by atoms with Crippen LogP contribution >= 0.6 is 11.6 Å². The highest BCUT2D eigenvalue weighted by Crippen LogP contribution is 2.25. The molecule has 4 nitrogen and oxygen atoms in total. The summed E-state index contributed by atoms with van der Waals surface area (Å²) in [6, 6.07) is 3.38. The molecule has 1 aromatic heterocycles. The molecular weight excluding hydrogens is 300 g/mol. The zero-order chi connectivity index (χ0) is 15.9. The lowest BCUT2D eigenvalue weighted by Gasteiger charge is -2.21. The molecule has 0 aliphatic carbocycles. The summed E-state index contributed by atoms with van der Waals surface area (Å²) in [4.78, 5) is 18.9. The molecular formula is C17H25ClN2O2. The van der Waals surface area contributed by atoms with Crippen LogP contribution in [0.4, 0.5) is 0 Å². The Balaban J connectivity index is 2.09. The average Bonchev–Trinajstić information content (AvgIpc) is 2.75. The Morgan fingerprint density at radius 1 is 1.36 bits per heavy atom. The van der Waals surface area contributed by atoms with Gasteiger partial charge in [0, 0.05) is 19.2 Å².